The molecule has 1 aliphatic rings. The van der Waals surface area contributed by atoms with Gasteiger partial charge in [-0.25, -0.2) is 0 Å². The van der Waals surface area contributed by atoms with E-state index < -0.39 is 41.7 Å². The number of aromatic amines is 1. The summed E-state index contributed by atoms with van der Waals surface area (Å²) in [6, 6.07) is 14.8. The first-order valence-electron chi connectivity index (χ1n) is 13.5. The third-order valence-corrected chi connectivity index (χ3v) is 7.15. The summed E-state index contributed by atoms with van der Waals surface area (Å²) in [6.07, 6.45) is 2.00. The number of diazo groups is 1. The van der Waals surface area contributed by atoms with E-state index in [2.05, 4.69) is 25.7 Å². The smallest absolute Gasteiger partial charge is 0.389 e. The maximum atomic E-state index is 13.7. The van der Waals surface area contributed by atoms with E-state index in [1.54, 1.807) is 0 Å². The molecule has 5 N–H and O–H groups in total. The molecule has 2 aromatic carbocycles. The van der Waals surface area contributed by atoms with E-state index in [4.69, 9.17) is 10.2 Å². The minimum absolute atomic E-state index is 0.00141. The minimum atomic E-state index is -1.60. The highest BCUT2D eigenvalue weighted by atomic mass is 16.7. The Morgan fingerprint density at radius 1 is 1.12 bits per heavy atom. The van der Waals surface area contributed by atoms with Crippen LogP contribution in [-0.4, -0.2) is 56.4 Å². The van der Waals surface area contributed by atoms with Gasteiger partial charge in [-0.15, -0.1) is 0 Å². The lowest BCUT2D eigenvalue weighted by Gasteiger charge is -2.28. The van der Waals surface area contributed by atoms with Crippen LogP contribution in [-0.2, 0) is 32.1 Å². The van der Waals surface area contributed by atoms with E-state index in [0.717, 1.165) is 22.0 Å². The first kappa shape index (κ1) is 29.8. The summed E-state index contributed by atoms with van der Waals surface area (Å²) in [7, 11) is 0. The largest absolute Gasteiger partial charge is 0.504 e. The Kier molecular flexibility index (Phi) is 9.22. The van der Waals surface area contributed by atoms with Gasteiger partial charge in [0.2, 0.25) is 22.7 Å². The molecule has 1 unspecified atom stereocenters. The maximum absolute atomic E-state index is 13.7. The van der Waals surface area contributed by atoms with Crippen molar-refractivity contribution in [3.63, 3.8) is 0 Å². The van der Waals surface area contributed by atoms with Crippen LogP contribution in [0.4, 0.5) is 0 Å². The summed E-state index contributed by atoms with van der Waals surface area (Å²) in [5.41, 5.74) is 1.39. The van der Waals surface area contributed by atoms with Crippen molar-refractivity contribution in [2.75, 3.05) is 0 Å². The lowest BCUT2D eigenvalue weighted by Crippen LogP contribution is -2.54. The standard InChI is InChI=1S/C30H32N6O6/c1-18(2)28(35-26(38)12-20-16-32-22-11-7-6-10-21(20)22)24-15-30(42-36-24,14-19-8-4-3-5-9-19)29(41)34-23(13-27(39)40)25(37)17-33-31/h3-11,16-18,23,28,32H,12-15H2,1-2H3,(H3-,34,35,37,38,39,40,41)/p+1/b25-17-/t23-,28-,30?/m0/s1. The summed E-state index contributed by atoms with van der Waals surface area (Å²) in [4.78, 5) is 50.1. The average Bonchev–Trinajstić information content (AvgIpc) is 3.57. The predicted octanol–water partition coefficient (Wildman–Crippen LogP) is 3.82. The number of carboxylic acid groups (broad SMARTS) is 1. The fourth-order valence-corrected chi connectivity index (χ4v) is 5.05. The van der Waals surface area contributed by atoms with Gasteiger partial charge in [0.05, 0.1) is 24.6 Å². The van der Waals surface area contributed by atoms with Gasteiger partial charge in [-0.3, -0.25) is 14.4 Å². The first-order chi connectivity index (χ1) is 20.1. The van der Waals surface area contributed by atoms with Crippen LogP contribution in [0.5, 0.6) is 0 Å². The molecule has 12 heteroatoms. The molecule has 0 fully saturated rings. The van der Waals surface area contributed by atoms with Gasteiger partial charge in [0.15, 0.2) is 4.98 Å². The number of aliphatic hydroxyl groups is 1. The molecule has 42 heavy (non-hydrogen) atoms. The summed E-state index contributed by atoms with van der Waals surface area (Å²) in [6.45, 7) is 3.83. The number of hydrogen-bond acceptors (Lipinski definition) is 7. The van der Waals surface area contributed by atoms with Crippen molar-refractivity contribution in [1.29, 1.82) is 5.39 Å². The number of aliphatic hydroxyl groups excluding tert-OH is 1. The number of nitrogens with one attached hydrogen (secondary N) is 3. The molecule has 2 heterocycles. The van der Waals surface area contributed by atoms with Crippen molar-refractivity contribution >= 4 is 34.4 Å². The van der Waals surface area contributed by atoms with Crippen LogP contribution in [0.1, 0.15) is 37.8 Å². The highest BCUT2D eigenvalue weighted by molar-refractivity contribution is 6.01. The zero-order chi connectivity index (χ0) is 30.3. The van der Waals surface area contributed by atoms with Gasteiger partial charge in [0, 0.05) is 29.9 Å². The molecule has 218 valence electrons. The van der Waals surface area contributed by atoms with Gasteiger partial charge in [-0.2, -0.15) is 0 Å². The van der Waals surface area contributed by atoms with Crippen LogP contribution in [0.3, 0.4) is 0 Å². The summed E-state index contributed by atoms with van der Waals surface area (Å²) >= 11 is 0. The molecule has 12 nitrogen and oxygen atoms in total. The topological polar surface area (TPSA) is 181 Å². The number of hydrogen-bond donors (Lipinski definition) is 5. The van der Waals surface area contributed by atoms with Crippen LogP contribution in [0.25, 0.3) is 15.9 Å². The zero-order valence-corrected chi connectivity index (χ0v) is 23.3. The van der Waals surface area contributed by atoms with Crippen LogP contribution >= 0.6 is 0 Å². The quantitative estimate of drug-likeness (QED) is 0.161. The van der Waals surface area contributed by atoms with Crippen LogP contribution < -0.4 is 10.6 Å². The van der Waals surface area contributed by atoms with Gasteiger partial charge in [0.25, 0.3) is 5.91 Å². The summed E-state index contributed by atoms with van der Waals surface area (Å²) < 4.78 is 0. The fourth-order valence-electron chi connectivity index (χ4n) is 5.05. The predicted molar refractivity (Wildman–Crippen MR) is 155 cm³/mol. The van der Waals surface area contributed by atoms with Gasteiger partial charge in [-0.05, 0) is 23.1 Å². The molecule has 1 aliphatic heterocycles. The third kappa shape index (κ3) is 6.93. The molecule has 3 aromatic rings. The monoisotopic (exact) mass is 573 g/mol. The van der Waals surface area contributed by atoms with Crippen molar-refractivity contribution in [1.82, 2.24) is 15.6 Å². The molecular formula is C30H33N6O6+. The number of benzene rings is 2. The van der Waals surface area contributed by atoms with E-state index in [9.17, 15) is 24.6 Å². The lowest BCUT2D eigenvalue weighted by atomic mass is 9.84. The minimum Gasteiger partial charge on any atom is -0.504 e. The Morgan fingerprint density at radius 3 is 2.52 bits per heavy atom. The molecule has 0 saturated carbocycles. The van der Waals surface area contributed by atoms with Crippen LogP contribution in [0.15, 0.2) is 77.9 Å². The Balaban J connectivity index is 1.56. The van der Waals surface area contributed by atoms with Crippen molar-refractivity contribution in [2.45, 2.75) is 57.2 Å². The van der Waals surface area contributed by atoms with E-state index in [-0.39, 0.29) is 31.1 Å². The van der Waals surface area contributed by atoms with Crippen LogP contribution in [0.2, 0.25) is 0 Å². The number of carboxylic acids is 1. The van der Waals surface area contributed by atoms with E-state index in [1.165, 1.54) is 0 Å². The number of fused-ring (bicyclic) bond motifs is 1. The summed E-state index contributed by atoms with van der Waals surface area (Å²) in [5, 5.41) is 39.1. The maximum Gasteiger partial charge on any atom is 0.389 e. The van der Waals surface area contributed by atoms with E-state index in [1.807, 2.05) is 74.6 Å². The summed E-state index contributed by atoms with van der Waals surface area (Å²) in [5.74, 6) is -2.99. The number of carbonyl (C=O) groups is 3. The zero-order valence-electron chi connectivity index (χ0n) is 23.3. The van der Waals surface area contributed by atoms with E-state index in [0.29, 0.717) is 11.9 Å². The number of para-hydroxylation sites is 1. The Morgan fingerprint density at radius 2 is 1.83 bits per heavy atom. The number of aliphatic carboxylic acids is 1. The molecule has 0 saturated heterocycles. The molecule has 0 aliphatic carbocycles. The number of carbonyl (C=O) groups excluding carboxylic acids is 2. The number of amides is 2. The highest BCUT2D eigenvalue weighted by Gasteiger charge is 2.49. The number of rotatable bonds is 12. The van der Waals surface area contributed by atoms with Crippen molar-refractivity contribution in [2.24, 2.45) is 11.1 Å². The third-order valence-electron chi connectivity index (χ3n) is 7.15. The lowest BCUT2D eigenvalue weighted by molar-refractivity contribution is -0.145. The molecule has 0 spiro atoms. The van der Waals surface area contributed by atoms with Crippen molar-refractivity contribution < 1.29 is 29.4 Å². The van der Waals surface area contributed by atoms with Gasteiger partial charge in [0.1, 0.15) is 6.04 Å². The molecule has 0 bridgehead atoms. The first-order valence-corrected chi connectivity index (χ1v) is 13.5. The molecule has 4 rings (SSSR count). The Bertz CT molecular complexity index is 1560. The second-order valence-electron chi connectivity index (χ2n) is 10.6. The molecular weight excluding hydrogens is 540 g/mol. The Labute approximate surface area is 242 Å². The molecule has 2 amide bonds. The molecule has 0 radical (unpaired) electrons. The highest BCUT2D eigenvalue weighted by Crippen LogP contribution is 2.32. The SMILES string of the molecule is CC(C)[C@H](NC(=O)Cc1c[nH]c2ccccc12)C1=NOC(Cc2ccccc2)(C(=O)N[C@@H](CC(=O)O)/C(O)=C/[N+]#N)C1. The van der Waals surface area contributed by atoms with Crippen LogP contribution in [0, 0.1) is 11.3 Å². The number of H-pyrrole nitrogens is 1. The van der Waals surface area contributed by atoms with Gasteiger partial charge in [-0.1, -0.05) is 67.5 Å². The number of oxime groups is 1. The normalized spacial score (nSPS) is 18.0. The van der Waals surface area contributed by atoms with Crippen molar-refractivity contribution in [3.05, 3.63) is 88.9 Å². The Hall–Kier alpha value is -5.18. The van der Waals surface area contributed by atoms with Crippen molar-refractivity contribution in [3.8, 4) is 0 Å². The van der Waals surface area contributed by atoms with Gasteiger partial charge < -0.3 is 30.7 Å². The average molecular weight is 574 g/mol. The molecule has 1 aromatic heterocycles. The number of aromatic nitrogens is 1. The fraction of sp³-hybridized carbons (Fsp3) is 0.333. The number of nitrogens with zero attached hydrogens (tertiary/aromatic N) is 3. The molecule has 3 atom stereocenters. The van der Waals surface area contributed by atoms with E-state index >= 15 is 0 Å². The second-order valence-corrected chi connectivity index (χ2v) is 10.6. The van der Waals surface area contributed by atoms with Gasteiger partial charge >= 0.3 is 12.2 Å². The second kappa shape index (κ2) is 13.0.